The molecule has 106 valence electrons. The lowest BCUT2D eigenvalue weighted by Gasteiger charge is -2.13. The molecule has 0 aliphatic rings. The zero-order chi connectivity index (χ0) is 14.7. The molecule has 1 N–H and O–H groups in total. The molecule has 5 nitrogen and oxygen atoms in total. The standard InChI is InChI=1S/C13H13Cl2N3O2/c1-7-16-12(15)6-13(17-7)18-9-4-8(14)10(19-2)5-11(9)20-3/h4-6H,1-3H3,(H,16,17,18). The van der Waals surface area contributed by atoms with Crippen molar-refractivity contribution in [3.63, 3.8) is 0 Å². The molecular formula is C13H13Cl2N3O2. The highest BCUT2D eigenvalue weighted by atomic mass is 35.5. The average molecular weight is 314 g/mol. The molecular weight excluding hydrogens is 301 g/mol. The largest absolute Gasteiger partial charge is 0.495 e. The smallest absolute Gasteiger partial charge is 0.146 e. The highest BCUT2D eigenvalue weighted by Crippen LogP contribution is 2.37. The van der Waals surface area contributed by atoms with E-state index in [0.29, 0.717) is 39.0 Å². The minimum atomic E-state index is 0.360. The van der Waals surface area contributed by atoms with Gasteiger partial charge in [0.25, 0.3) is 0 Å². The molecule has 0 radical (unpaired) electrons. The maximum absolute atomic E-state index is 6.11. The van der Waals surface area contributed by atoms with Crippen molar-refractivity contribution >= 4 is 34.7 Å². The summed E-state index contributed by atoms with van der Waals surface area (Å²) >= 11 is 12.0. The first kappa shape index (κ1) is 14.7. The summed E-state index contributed by atoms with van der Waals surface area (Å²) in [5.41, 5.74) is 0.660. The van der Waals surface area contributed by atoms with Crippen LogP contribution in [0.5, 0.6) is 11.5 Å². The van der Waals surface area contributed by atoms with E-state index in [4.69, 9.17) is 32.7 Å². The molecule has 0 aliphatic carbocycles. The Morgan fingerprint density at radius 2 is 1.70 bits per heavy atom. The van der Waals surface area contributed by atoms with E-state index in [0.717, 1.165) is 0 Å². The van der Waals surface area contributed by atoms with E-state index in [1.54, 1.807) is 39.3 Å². The molecule has 1 aromatic carbocycles. The summed E-state index contributed by atoms with van der Waals surface area (Å²) in [6.07, 6.45) is 0. The van der Waals surface area contributed by atoms with Crippen molar-refractivity contribution in [1.29, 1.82) is 0 Å². The topological polar surface area (TPSA) is 56.3 Å². The zero-order valence-electron chi connectivity index (χ0n) is 11.2. The lowest BCUT2D eigenvalue weighted by Crippen LogP contribution is -2.00. The van der Waals surface area contributed by atoms with Crippen LogP contribution in [0, 0.1) is 6.92 Å². The van der Waals surface area contributed by atoms with Crippen LogP contribution < -0.4 is 14.8 Å². The number of aryl methyl sites for hydroxylation is 1. The van der Waals surface area contributed by atoms with E-state index in [1.165, 1.54) is 0 Å². The van der Waals surface area contributed by atoms with Gasteiger partial charge in [0, 0.05) is 12.1 Å². The fourth-order valence-corrected chi connectivity index (χ4v) is 2.16. The summed E-state index contributed by atoms with van der Waals surface area (Å²) in [4.78, 5) is 8.24. The number of aromatic nitrogens is 2. The van der Waals surface area contributed by atoms with Gasteiger partial charge in [0.2, 0.25) is 0 Å². The molecule has 20 heavy (non-hydrogen) atoms. The molecule has 1 aromatic heterocycles. The van der Waals surface area contributed by atoms with Gasteiger partial charge in [0.1, 0.15) is 28.3 Å². The monoisotopic (exact) mass is 313 g/mol. The predicted molar refractivity (Wildman–Crippen MR) is 79.6 cm³/mol. The summed E-state index contributed by atoms with van der Waals surface area (Å²) in [5.74, 6) is 2.24. The predicted octanol–water partition coefficient (Wildman–Crippen LogP) is 3.85. The minimum absolute atomic E-state index is 0.360. The van der Waals surface area contributed by atoms with Crippen LogP contribution >= 0.6 is 23.2 Å². The van der Waals surface area contributed by atoms with Gasteiger partial charge in [-0.1, -0.05) is 23.2 Å². The molecule has 0 unspecified atom stereocenters. The Morgan fingerprint density at radius 3 is 2.30 bits per heavy atom. The number of ether oxygens (including phenoxy) is 2. The highest BCUT2D eigenvalue weighted by molar-refractivity contribution is 6.32. The van der Waals surface area contributed by atoms with Crippen molar-refractivity contribution in [3.05, 3.63) is 34.2 Å². The van der Waals surface area contributed by atoms with Gasteiger partial charge in [0.15, 0.2) is 0 Å². The van der Waals surface area contributed by atoms with Gasteiger partial charge in [0.05, 0.1) is 24.9 Å². The normalized spacial score (nSPS) is 10.2. The quantitative estimate of drug-likeness (QED) is 0.869. The summed E-state index contributed by atoms with van der Waals surface area (Å²) in [6, 6.07) is 5.01. The second-order valence-electron chi connectivity index (χ2n) is 3.94. The number of methoxy groups -OCH3 is 2. The van der Waals surface area contributed by atoms with Gasteiger partial charge < -0.3 is 14.8 Å². The first-order valence-electron chi connectivity index (χ1n) is 5.73. The Balaban J connectivity index is 2.39. The van der Waals surface area contributed by atoms with E-state index < -0.39 is 0 Å². The molecule has 7 heteroatoms. The van der Waals surface area contributed by atoms with Crippen molar-refractivity contribution < 1.29 is 9.47 Å². The molecule has 0 fully saturated rings. The van der Waals surface area contributed by atoms with Crippen molar-refractivity contribution in [3.8, 4) is 11.5 Å². The van der Waals surface area contributed by atoms with Crippen molar-refractivity contribution in [2.75, 3.05) is 19.5 Å². The molecule has 0 bridgehead atoms. The Kier molecular flexibility index (Phi) is 4.52. The molecule has 0 saturated carbocycles. The third kappa shape index (κ3) is 3.23. The Morgan fingerprint density at radius 1 is 1.00 bits per heavy atom. The number of nitrogens with one attached hydrogen (secondary N) is 1. The molecule has 0 spiro atoms. The maximum Gasteiger partial charge on any atom is 0.146 e. The van der Waals surface area contributed by atoms with Crippen LogP contribution in [0.25, 0.3) is 0 Å². The Hall–Kier alpha value is -1.72. The van der Waals surface area contributed by atoms with Gasteiger partial charge in [-0.3, -0.25) is 0 Å². The van der Waals surface area contributed by atoms with E-state index in [2.05, 4.69) is 15.3 Å². The lowest BCUT2D eigenvalue weighted by molar-refractivity contribution is 0.396. The molecule has 0 amide bonds. The van der Waals surface area contributed by atoms with E-state index >= 15 is 0 Å². The molecule has 0 aliphatic heterocycles. The average Bonchev–Trinajstić information content (AvgIpc) is 2.38. The third-order valence-corrected chi connectivity index (χ3v) is 3.03. The van der Waals surface area contributed by atoms with E-state index in [-0.39, 0.29) is 0 Å². The molecule has 0 saturated heterocycles. The fourth-order valence-electron chi connectivity index (χ4n) is 1.69. The summed E-state index contributed by atoms with van der Waals surface area (Å²) in [7, 11) is 3.10. The first-order chi connectivity index (χ1) is 9.53. The second-order valence-corrected chi connectivity index (χ2v) is 4.73. The molecule has 1 heterocycles. The minimum Gasteiger partial charge on any atom is -0.495 e. The SMILES string of the molecule is COc1cc(OC)c(Nc2cc(Cl)nc(C)n2)cc1Cl. The van der Waals surface area contributed by atoms with Crippen molar-refractivity contribution in [2.45, 2.75) is 6.92 Å². The van der Waals surface area contributed by atoms with Crippen LogP contribution in [0.2, 0.25) is 10.2 Å². The number of hydrogen-bond acceptors (Lipinski definition) is 5. The van der Waals surface area contributed by atoms with Gasteiger partial charge >= 0.3 is 0 Å². The number of benzene rings is 1. The Labute approximate surface area is 126 Å². The molecule has 2 rings (SSSR count). The van der Waals surface area contributed by atoms with Crippen LogP contribution in [0.4, 0.5) is 11.5 Å². The van der Waals surface area contributed by atoms with E-state index in [9.17, 15) is 0 Å². The highest BCUT2D eigenvalue weighted by Gasteiger charge is 2.11. The number of nitrogens with zero attached hydrogens (tertiary/aromatic N) is 2. The van der Waals surface area contributed by atoms with Crippen molar-refractivity contribution in [2.24, 2.45) is 0 Å². The summed E-state index contributed by atoms with van der Waals surface area (Å²) < 4.78 is 10.4. The fraction of sp³-hybridized carbons (Fsp3) is 0.231. The second kappa shape index (κ2) is 6.15. The Bertz CT molecular complexity index is 615. The summed E-state index contributed by atoms with van der Waals surface area (Å²) in [5, 5.41) is 3.92. The third-order valence-electron chi connectivity index (χ3n) is 2.54. The van der Waals surface area contributed by atoms with Gasteiger partial charge in [-0.15, -0.1) is 0 Å². The maximum atomic E-state index is 6.11. The lowest BCUT2D eigenvalue weighted by atomic mass is 10.2. The van der Waals surface area contributed by atoms with Crippen LogP contribution in [-0.4, -0.2) is 24.2 Å². The van der Waals surface area contributed by atoms with Crippen LogP contribution in [-0.2, 0) is 0 Å². The van der Waals surface area contributed by atoms with Crippen molar-refractivity contribution in [1.82, 2.24) is 9.97 Å². The van der Waals surface area contributed by atoms with Gasteiger partial charge in [-0.2, -0.15) is 0 Å². The number of anilines is 2. The molecule has 2 aromatic rings. The van der Waals surface area contributed by atoms with Crippen LogP contribution in [0.15, 0.2) is 18.2 Å². The zero-order valence-corrected chi connectivity index (χ0v) is 12.7. The van der Waals surface area contributed by atoms with Gasteiger partial charge in [-0.25, -0.2) is 9.97 Å². The first-order valence-corrected chi connectivity index (χ1v) is 6.49. The summed E-state index contributed by atoms with van der Waals surface area (Å²) in [6.45, 7) is 1.76. The number of hydrogen-bond donors (Lipinski definition) is 1. The van der Waals surface area contributed by atoms with Gasteiger partial charge in [-0.05, 0) is 13.0 Å². The number of halogens is 2. The molecule has 0 atom stereocenters. The number of rotatable bonds is 4. The van der Waals surface area contributed by atoms with Crippen LogP contribution in [0.1, 0.15) is 5.82 Å². The van der Waals surface area contributed by atoms with Crippen LogP contribution in [0.3, 0.4) is 0 Å². The van der Waals surface area contributed by atoms with E-state index in [1.807, 2.05) is 0 Å².